The second kappa shape index (κ2) is 9.29. The van der Waals surface area contributed by atoms with E-state index in [4.69, 9.17) is 17.5 Å². The molecule has 0 spiro atoms. The van der Waals surface area contributed by atoms with Crippen molar-refractivity contribution in [1.82, 2.24) is 0 Å². The minimum atomic E-state index is -4.92. The largest absolute Gasteiger partial charge is 0.726 e. The van der Waals surface area contributed by atoms with Crippen LogP contribution in [0.2, 0.25) is 0 Å². The highest BCUT2D eigenvalue weighted by Crippen LogP contribution is 2.54. The summed E-state index contributed by atoms with van der Waals surface area (Å²) in [6.45, 7) is 0. The van der Waals surface area contributed by atoms with Crippen LogP contribution in [0.15, 0.2) is 54.6 Å². The summed E-state index contributed by atoms with van der Waals surface area (Å²) in [7, 11) is -4.92. The molecule has 0 saturated carbocycles. The maximum absolute atomic E-state index is 12.0. The molecule has 2 N–H and O–H groups in total. The topological polar surface area (TPSA) is 201 Å². The van der Waals surface area contributed by atoms with E-state index in [1.165, 1.54) is 46.9 Å². The number of benzene rings is 3. The van der Waals surface area contributed by atoms with Gasteiger partial charge in [0.25, 0.3) is 15.6 Å². The third-order valence-electron chi connectivity index (χ3n) is 5.24. The third kappa shape index (κ3) is 4.91. The zero-order valence-electron chi connectivity index (χ0n) is 17.6. The number of hydrogen-bond acceptors (Lipinski definition) is 9. The van der Waals surface area contributed by atoms with Crippen molar-refractivity contribution in [2.75, 3.05) is 0 Å². The maximum atomic E-state index is 12.0. The number of nitro groups is 2. The van der Waals surface area contributed by atoms with E-state index in [0.29, 0.717) is 22.3 Å². The summed E-state index contributed by atoms with van der Waals surface area (Å²) in [4.78, 5) is 33.8. The lowest BCUT2D eigenvalue weighted by molar-refractivity contribution is -0.385. The van der Waals surface area contributed by atoms with Crippen LogP contribution < -0.4 is 0 Å². The average Bonchev–Trinajstić information content (AvgIpc) is 3.34. The Bertz CT molecular complexity index is 1640. The highest BCUT2D eigenvalue weighted by Gasteiger charge is 2.41. The molecule has 0 bridgehead atoms. The zero-order chi connectivity index (χ0) is 26.4. The molecule has 0 amide bonds. The normalized spacial score (nSPS) is 13.9. The van der Waals surface area contributed by atoms with Crippen LogP contribution in [0.5, 0.6) is 0 Å². The van der Waals surface area contributed by atoms with Crippen molar-refractivity contribution in [3.8, 4) is 11.1 Å². The fraction of sp³-hybridized carbons (Fsp3) is 0.0476. The predicted octanol–water partition coefficient (Wildman–Crippen LogP) is 4.92. The predicted molar refractivity (Wildman–Crippen MR) is 130 cm³/mol. The molecule has 1 heterocycles. The first kappa shape index (κ1) is 25.2. The van der Waals surface area contributed by atoms with Crippen molar-refractivity contribution >= 4 is 59.8 Å². The third-order valence-corrected chi connectivity index (χ3v) is 7.89. The van der Waals surface area contributed by atoms with Crippen LogP contribution in [0.1, 0.15) is 31.6 Å². The highest BCUT2D eigenvalue weighted by molar-refractivity contribution is 7.79. The van der Waals surface area contributed by atoms with Crippen LogP contribution in [-0.2, 0) is 10.4 Å². The Morgan fingerprint density at radius 2 is 1.58 bits per heavy atom. The maximum Gasteiger partial charge on any atom is 0.336 e. The van der Waals surface area contributed by atoms with Crippen molar-refractivity contribution < 1.29 is 37.3 Å². The van der Waals surface area contributed by atoms with Gasteiger partial charge in [0, 0.05) is 29.8 Å². The molecule has 0 saturated heterocycles. The van der Waals surface area contributed by atoms with Gasteiger partial charge < -0.3 is 9.66 Å². The molecule has 1 atom stereocenters. The molecule has 1 aromatic heterocycles. The van der Waals surface area contributed by atoms with Gasteiger partial charge in [0.15, 0.2) is 9.40 Å². The first-order valence-corrected chi connectivity index (χ1v) is 12.7. The lowest BCUT2D eigenvalue weighted by Crippen LogP contribution is -2.03. The summed E-state index contributed by atoms with van der Waals surface area (Å²) < 4.78 is 35.7. The Kier molecular flexibility index (Phi) is 6.50. The van der Waals surface area contributed by atoms with E-state index in [-0.39, 0.29) is 16.9 Å². The first-order valence-electron chi connectivity index (χ1n) is 9.69. The van der Waals surface area contributed by atoms with Crippen molar-refractivity contribution in [3.05, 3.63) is 95.7 Å². The molecule has 1 aliphatic rings. The summed E-state index contributed by atoms with van der Waals surface area (Å²) in [6.07, 6.45) is 0. The van der Waals surface area contributed by atoms with E-state index < -0.39 is 32.1 Å². The molecule has 4 aromatic rings. The van der Waals surface area contributed by atoms with Gasteiger partial charge in [0.2, 0.25) is 10.4 Å². The van der Waals surface area contributed by atoms with Gasteiger partial charge in [-0.05, 0) is 34.9 Å². The second-order valence-electron chi connectivity index (χ2n) is 7.38. The zero-order valence-corrected chi connectivity index (χ0v) is 20.0. The van der Waals surface area contributed by atoms with E-state index in [2.05, 4.69) is 0 Å². The number of carboxylic acids is 1. The number of nitro benzene ring substituents is 2. The van der Waals surface area contributed by atoms with Gasteiger partial charge in [-0.3, -0.25) is 24.8 Å². The molecule has 36 heavy (non-hydrogen) atoms. The van der Waals surface area contributed by atoms with Crippen LogP contribution in [0.25, 0.3) is 20.5 Å². The van der Waals surface area contributed by atoms with E-state index >= 15 is 0 Å². The Morgan fingerprint density at radius 3 is 2.17 bits per heavy atom. The Labute approximate surface area is 209 Å². The monoisotopic (exact) mass is 548 g/mol. The number of rotatable bonds is 4. The molecule has 0 aliphatic heterocycles. The number of aromatic carboxylic acids is 1. The average molecular weight is 549 g/mol. The van der Waals surface area contributed by atoms with Gasteiger partial charge in [0.1, 0.15) is 0 Å². The number of non-ortho nitro benzene ring substituents is 2. The molecule has 1 aliphatic carbocycles. The van der Waals surface area contributed by atoms with E-state index in [9.17, 15) is 30.1 Å². The van der Waals surface area contributed by atoms with Crippen molar-refractivity contribution in [2.45, 2.75) is 5.92 Å². The molecule has 15 heteroatoms. The summed E-state index contributed by atoms with van der Waals surface area (Å²) >= 11 is 2.99. The lowest BCUT2D eigenvalue weighted by atomic mass is 9.96. The van der Waals surface area contributed by atoms with Gasteiger partial charge in [-0.2, -0.15) is 0 Å². The molecule has 0 fully saturated rings. The quantitative estimate of drug-likeness (QED) is 0.102. The number of fused-ring (bicyclic) bond motifs is 4. The standard InChI is InChI=1S/C21H10N2O6S2.H2O4S/c24-20(25)15-9-11(23(28)29)8-14-18(15)12-6-5-10(22(26)27)7-13(12)19(14)21-30-16-3-1-2-4-17(16)31-21;1-5(2,3)4/h1-9,19H;(H2,1,2,3,4). The fourth-order valence-corrected chi connectivity index (χ4v) is 6.74. The first-order chi connectivity index (χ1) is 16.8. The van der Waals surface area contributed by atoms with Crippen LogP contribution in [-0.4, -0.2) is 38.4 Å². The number of carboxylic acid groups (broad SMARTS) is 1. The Hall–Kier alpha value is -3.89. The molecular weight excluding hydrogens is 536 g/mol. The van der Waals surface area contributed by atoms with Gasteiger partial charge in [-0.15, -0.1) is 0 Å². The van der Waals surface area contributed by atoms with Crippen LogP contribution in [0.3, 0.4) is 0 Å². The van der Waals surface area contributed by atoms with Gasteiger partial charge >= 0.3 is 5.97 Å². The fourth-order valence-electron chi connectivity index (χ4n) is 3.98. The summed E-state index contributed by atoms with van der Waals surface area (Å²) in [5, 5.41) is 32.7. The molecule has 1 unspecified atom stereocenters. The number of carbonyl (C=O) groups is 1. The van der Waals surface area contributed by atoms with E-state index in [1.54, 1.807) is 0 Å². The smallest absolute Gasteiger partial charge is 0.336 e. The summed E-state index contributed by atoms with van der Waals surface area (Å²) in [5.74, 6) is -1.81. The molecule has 3 aromatic carbocycles. The second-order valence-corrected chi connectivity index (χ2v) is 10.7. The Balaban J connectivity index is 0.000000556. The minimum Gasteiger partial charge on any atom is -0.726 e. The SMILES string of the molecule is O=C(O)c1cc([N+](=O)[O-])cc2c1-c1ccc([N+](=O)[O-])cc1C2c1sc2ccccc2[s+]1.O=S(=O)([O-])O. The van der Waals surface area contributed by atoms with E-state index in [0.717, 1.165) is 19.7 Å². The van der Waals surface area contributed by atoms with Crippen molar-refractivity contribution in [2.24, 2.45) is 0 Å². The lowest BCUT2D eigenvalue weighted by Gasteiger charge is -2.07. The highest BCUT2D eigenvalue weighted by atomic mass is 32.3. The molecule has 0 radical (unpaired) electrons. The van der Waals surface area contributed by atoms with Crippen LogP contribution in [0.4, 0.5) is 11.4 Å². The molecular formula is C21H12N2O10S3. The minimum absolute atomic E-state index is 0.117. The molecule has 5 rings (SSSR count). The van der Waals surface area contributed by atoms with Crippen molar-refractivity contribution in [1.29, 1.82) is 0 Å². The van der Waals surface area contributed by atoms with Gasteiger partial charge in [0.05, 0.1) is 44.0 Å². The molecule has 12 nitrogen and oxygen atoms in total. The summed E-state index contributed by atoms with van der Waals surface area (Å²) in [6, 6.07) is 14.5. The van der Waals surface area contributed by atoms with Crippen molar-refractivity contribution in [3.63, 3.8) is 0 Å². The van der Waals surface area contributed by atoms with E-state index in [1.807, 2.05) is 24.3 Å². The van der Waals surface area contributed by atoms with Crippen LogP contribution >= 0.6 is 22.7 Å². The van der Waals surface area contributed by atoms with Gasteiger partial charge in [-0.1, -0.05) is 12.1 Å². The number of nitrogens with zero attached hydrogens (tertiary/aromatic N) is 2. The van der Waals surface area contributed by atoms with Gasteiger partial charge in [-0.25, -0.2) is 13.2 Å². The molecule has 184 valence electrons. The summed E-state index contributed by atoms with van der Waals surface area (Å²) in [5.41, 5.74) is 1.34. The number of hydrogen-bond donors (Lipinski definition) is 2. The van der Waals surface area contributed by atoms with Crippen LogP contribution in [0, 0.1) is 20.2 Å². The Morgan fingerprint density at radius 1 is 0.972 bits per heavy atom.